The van der Waals surface area contributed by atoms with Crippen molar-refractivity contribution in [2.45, 2.75) is 19.1 Å². The molecule has 1 aliphatic carbocycles. The van der Waals surface area contributed by atoms with Gasteiger partial charge in [0, 0.05) is 0 Å². The summed E-state index contributed by atoms with van der Waals surface area (Å²) in [5, 5.41) is 0. The molecule has 0 aromatic heterocycles. The van der Waals surface area contributed by atoms with Crippen LogP contribution in [-0.2, 0) is 4.74 Å². The molecule has 0 aromatic carbocycles. The van der Waals surface area contributed by atoms with Gasteiger partial charge in [0.15, 0.2) is 0 Å². The van der Waals surface area contributed by atoms with Gasteiger partial charge in [-0.3, -0.25) is 0 Å². The number of halogens is 2. The number of hydrogen-bond donors (Lipinski definition) is 0. The normalized spacial score (nSPS) is 24.1. The average molecular weight is 146 g/mol. The van der Waals surface area contributed by atoms with Gasteiger partial charge in [-0.15, -0.1) is 0 Å². The van der Waals surface area contributed by atoms with Crippen LogP contribution in [0, 0.1) is 0 Å². The minimum absolute atomic E-state index is 0.440. The Morgan fingerprint density at radius 2 is 2.20 bits per heavy atom. The fourth-order valence-corrected chi connectivity index (χ4v) is 0.791. The maximum atomic E-state index is 11.5. The van der Waals surface area contributed by atoms with E-state index < -0.39 is 12.7 Å². The lowest BCUT2D eigenvalue weighted by Gasteiger charge is -2.12. The Balaban J connectivity index is 2.30. The summed E-state index contributed by atoms with van der Waals surface area (Å²) in [6, 6.07) is 0. The summed E-state index contributed by atoms with van der Waals surface area (Å²) in [5.41, 5.74) is 0. The molecule has 10 heavy (non-hydrogen) atoms. The predicted octanol–water partition coefficient (Wildman–Crippen LogP) is 2.11. The molecule has 0 spiro atoms. The molecule has 0 aromatic rings. The predicted molar refractivity (Wildman–Crippen MR) is 33.8 cm³/mol. The molecule has 0 N–H and O–H groups in total. The summed E-state index contributed by atoms with van der Waals surface area (Å²) >= 11 is 0. The van der Waals surface area contributed by atoms with E-state index in [0.717, 1.165) is 0 Å². The van der Waals surface area contributed by atoms with E-state index in [-0.39, 0.29) is 0 Å². The van der Waals surface area contributed by atoms with Crippen molar-refractivity contribution in [3.8, 4) is 0 Å². The third-order valence-corrected chi connectivity index (χ3v) is 1.22. The first kappa shape index (κ1) is 7.41. The lowest BCUT2D eigenvalue weighted by atomic mass is 10.1. The van der Waals surface area contributed by atoms with E-state index in [4.69, 9.17) is 0 Å². The molecule has 1 nitrogen and oxygen atoms in total. The number of allylic oxidation sites excluding steroid dienone is 2. The highest BCUT2D eigenvalue weighted by Crippen LogP contribution is 2.10. The molecule has 0 aliphatic heterocycles. The van der Waals surface area contributed by atoms with Crippen LogP contribution >= 0.6 is 0 Å². The first-order chi connectivity index (χ1) is 4.79. The van der Waals surface area contributed by atoms with E-state index in [1.165, 1.54) is 0 Å². The van der Waals surface area contributed by atoms with E-state index in [2.05, 4.69) is 4.74 Å². The molecule has 0 radical (unpaired) electrons. The van der Waals surface area contributed by atoms with Crippen LogP contribution in [0.1, 0.15) is 6.42 Å². The Morgan fingerprint density at radius 3 is 2.70 bits per heavy atom. The number of hydrogen-bond acceptors (Lipinski definition) is 1. The summed E-state index contributed by atoms with van der Waals surface area (Å²) in [6.07, 6.45) is 7.03. The van der Waals surface area contributed by atoms with Gasteiger partial charge in [0.2, 0.25) is 0 Å². The second-order valence-electron chi connectivity index (χ2n) is 1.98. The summed E-state index contributed by atoms with van der Waals surface area (Å²) in [7, 11) is 0. The molecule has 0 bridgehead atoms. The monoisotopic (exact) mass is 146 g/mol. The molecule has 0 saturated carbocycles. The zero-order valence-corrected chi connectivity index (χ0v) is 5.34. The highest BCUT2D eigenvalue weighted by molar-refractivity contribution is 5.11. The summed E-state index contributed by atoms with van der Waals surface area (Å²) in [6.45, 7) is -2.67. The molecule has 1 unspecified atom stereocenters. The molecular weight excluding hydrogens is 138 g/mol. The Hall–Kier alpha value is -0.700. The van der Waals surface area contributed by atoms with Crippen molar-refractivity contribution >= 4 is 0 Å². The lowest BCUT2D eigenvalue weighted by Crippen LogP contribution is -2.13. The summed E-state index contributed by atoms with van der Waals surface area (Å²) in [4.78, 5) is 0. The largest absolute Gasteiger partial charge is 0.345 e. The molecule has 1 rings (SSSR count). The van der Waals surface area contributed by atoms with E-state index in [1.54, 1.807) is 18.2 Å². The van der Waals surface area contributed by atoms with E-state index in [0.29, 0.717) is 6.42 Å². The van der Waals surface area contributed by atoms with Crippen LogP contribution in [0.3, 0.4) is 0 Å². The highest BCUT2D eigenvalue weighted by Gasteiger charge is 2.10. The number of ether oxygens (including phenoxy) is 1. The zero-order chi connectivity index (χ0) is 7.40. The van der Waals surface area contributed by atoms with Crippen LogP contribution in [0.4, 0.5) is 8.78 Å². The molecule has 0 fully saturated rings. The molecule has 1 atom stereocenters. The third kappa shape index (κ3) is 2.27. The SMILES string of the molecule is FC(F)OC1C=CC=CC1. The van der Waals surface area contributed by atoms with Gasteiger partial charge in [0.05, 0.1) is 6.10 Å². The topological polar surface area (TPSA) is 9.23 Å². The average Bonchev–Trinajstić information content (AvgIpc) is 1.88. The van der Waals surface area contributed by atoms with Crippen molar-refractivity contribution in [2.75, 3.05) is 0 Å². The Morgan fingerprint density at radius 1 is 1.40 bits per heavy atom. The minimum Gasteiger partial charge on any atom is -0.315 e. The highest BCUT2D eigenvalue weighted by atomic mass is 19.3. The van der Waals surface area contributed by atoms with Crippen LogP contribution in [0.25, 0.3) is 0 Å². The van der Waals surface area contributed by atoms with Crippen LogP contribution in [0.2, 0.25) is 0 Å². The van der Waals surface area contributed by atoms with Crippen molar-refractivity contribution in [3.05, 3.63) is 24.3 Å². The van der Waals surface area contributed by atoms with Gasteiger partial charge in [0.25, 0.3) is 0 Å². The van der Waals surface area contributed by atoms with E-state index in [9.17, 15) is 8.78 Å². The van der Waals surface area contributed by atoms with Gasteiger partial charge in [-0.2, -0.15) is 8.78 Å². The van der Waals surface area contributed by atoms with Crippen molar-refractivity contribution in [1.29, 1.82) is 0 Å². The summed E-state index contributed by atoms with van der Waals surface area (Å²) in [5.74, 6) is 0. The summed E-state index contributed by atoms with van der Waals surface area (Å²) < 4.78 is 27.3. The Labute approximate surface area is 58.0 Å². The van der Waals surface area contributed by atoms with E-state index in [1.807, 2.05) is 6.08 Å². The van der Waals surface area contributed by atoms with Gasteiger partial charge in [-0.25, -0.2) is 0 Å². The molecule has 3 heteroatoms. The first-order valence-corrected chi connectivity index (χ1v) is 3.06. The third-order valence-electron chi connectivity index (χ3n) is 1.22. The minimum atomic E-state index is -2.67. The Kier molecular flexibility index (Phi) is 2.57. The Bertz CT molecular complexity index is 152. The fourth-order valence-electron chi connectivity index (χ4n) is 0.791. The number of rotatable bonds is 2. The maximum Gasteiger partial charge on any atom is 0.345 e. The van der Waals surface area contributed by atoms with Crippen LogP contribution in [0.15, 0.2) is 24.3 Å². The van der Waals surface area contributed by atoms with Crippen LogP contribution in [-0.4, -0.2) is 12.7 Å². The number of alkyl halides is 2. The second-order valence-corrected chi connectivity index (χ2v) is 1.98. The molecule has 0 heterocycles. The van der Waals surface area contributed by atoms with Gasteiger partial charge in [-0.1, -0.05) is 24.3 Å². The van der Waals surface area contributed by atoms with Crippen molar-refractivity contribution in [1.82, 2.24) is 0 Å². The first-order valence-electron chi connectivity index (χ1n) is 3.06. The molecule has 0 saturated heterocycles. The van der Waals surface area contributed by atoms with Crippen molar-refractivity contribution in [3.63, 3.8) is 0 Å². The fraction of sp³-hybridized carbons (Fsp3) is 0.429. The second kappa shape index (κ2) is 3.46. The standard InChI is InChI=1S/C7H8F2O/c8-7(9)10-6-4-2-1-3-5-6/h1-4,6-7H,5H2. The lowest BCUT2D eigenvalue weighted by molar-refractivity contribution is -0.149. The molecule has 1 aliphatic rings. The molecule has 0 amide bonds. The van der Waals surface area contributed by atoms with Gasteiger partial charge in [0.1, 0.15) is 0 Å². The van der Waals surface area contributed by atoms with Crippen LogP contribution < -0.4 is 0 Å². The maximum absolute atomic E-state index is 11.5. The van der Waals surface area contributed by atoms with Gasteiger partial charge in [-0.05, 0) is 6.42 Å². The van der Waals surface area contributed by atoms with Crippen molar-refractivity contribution < 1.29 is 13.5 Å². The van der Waals surface area contributed by atoms with Gasteiger partial charge < -0.3 is 4.74 Å². The van der Waals surface area contributed by atoms with Gasteiger partial charge >= 0.3 is 6.61 Å². The van der Waals surface area contributed by atoms with Crippen molar-refractivity contribution in [2.24, 2.45) is 0 Å². The smallest absolute Gasteiger partial charge is 0.315 e. The van der Waals surface area contributed by atoms with Crippen LogP contribution in [0.5, 0.6) is 0 Å². The zero-order valence-electron chi connectivity index (χ0n) is 5.34. The molecular formula is C7H8F2O. The molecule has 56 valence electrons. The quantitative estimate of drug-likeness (QED) is 0.579. The van der Waals surface area contributed by atoms with E-state index >= 15 is 0 Å².